The standard InChI is InChI=1S/C21H31N5O.HI/c1-25(2)20(27)16-23-21(24-18-9-4-5-10-18)22-13-7-14-26-15-12-17-8-3-6-11-19(17)26;/h3,6,8,11-12,15,18H,4-5,7,9-10,13-14,16H2,1-2H3,(H2,22,23,24);1H. The van der Waals surface area contributed by atoms with Gasteiger partial charge in [-0.05, 0) is 36.8 Å². The van der Waals surface area contributed by atoms with Crippen molar-refractivity contribution in [2.75, 3.05) is 27.2 Å². The van der Waals surface area contributed by atoms with Crippen LogP contribution in [0.1, 0.15) is 32.1 Å². The number of carbonyl (C=O) groups is 1. The van der Waals surface area contributed by atoms with E-state index in [4.69, 9.17) is 0 Å². The van der Waals surface area contributed by atoms with Gasteiger partial charge in [0.15, 0.2) is 5.96 Å². The number of aromatic nitrogens is 1. The van der Waals surface area contributed by atoms with Crippen molar-refractivity contribution in [3.05, 3.63) is 36.5 Å². The molecule has 3 rings (SSSR count). The van der Waals surface area contributed by atoms with E-state index in [1.807, 2.05) is 0 Å². The lowest BCUT2D eigenvalue weighted by molar-refractivity contribution is -0.127. The molecule has 0 atom stereocenters. The third kappa shape index (κ3) is 6.39. The molecule has 0 aliphatic heterocycles. The van der Waals surface area contributed by atoms with Crippen molar-refractivity contribution in [2.45, 2.75) is 44.7 Å². The highest BCUT2D eigenvalue weighted by molar-refractivity contribution is 14.0. The summed E-state index contributed by atoms with van der Waals surface area (Å²) in [5, 5.41) is 8.18. The highest BCUT2D eigenvalue weighted by Crippen LogP contribution is 2.17. The minimum atomic E-state index is 0. The number of nitrogens with one attached hydrogen (secondary N) is 2. The van der Waals surface area contributed by atoms with E-state index in [2.05, 4.69) is 56.7 Å². The van der Waals surface area contributed by atoms with E-state index in [0.29, 0.717) is 6.04 Å². The maximum absolute atomic E-state index is 11.9. The lowest BCUT2D eigenvalue weighted by Gasteiger charge is -2.18. The summed E-state index contributed by atoms with van der Waals surface area (Å²) in [5.41, 5.74) is 1.27. The fraction of sp³-hybridized carbons (Fsp3) is 0.524. The van der Waals surface area contributed by atoms with E-state index >= 15 is 0 Å². The molecule has 1 heterocycles. The molecule has 1 aliphatic carbocycles. The number of carbonyl (C=O) groups excluding carboxylic acids is 1. The summed E-state index contributed by atoms with van der Waals surface area (Å²) in [4.78, 5) is 17.9. The molecule has 1 aromatic carbocycles. The zero-order valence-electron chi connectivity index (χ0n) is 16.9. The second-order valence-corrected chi connectivity index (χ2v) is 7.43. The summed E-state index contributed by atoms with van der Waals surface area (Å²) in [6.07, 6.45) is 8.03. The predicted molar refractivity (Wildman–Crippen MR) is 126 cm³/mol. The first-order chi connectivity index (χ1) is 13.1. The first-order valence-corrected chi connectivity index (χ1v) is 9.92. The average molecular weight is 497 g/mol. The Balaban J connectivity index is 0.00000280. The Kier molecular flexibility index (Phi) is 9.08. The third-order valence-electron chi connectivity index (χ3n) is 5.12. The summed E-state index contributed by atoms with van der Waals surface area (Å²) < 4.78 is 2.29. The highest BCUT2D eigenvalue weighted by atomic mass is 127. The molecular formula is C21H32IN5O. The number of hydrogen-bond acceptors (Lipinski definition) is 2. The number of rotatable bonds is 7. The van der Waals surface area contributed by atoms with E-state index in [1.165, 1.54) is 36.6 Å². The number of para-hydroxylation sites is 1. The fourth-order valence-corrected chi connectivity index (χ4v) is 3.50. The topological polar surface area (TPSA) is 61.7 Å². The van der Waals surface area contributed by atoms with Gasteiger partial charge in [0.05, 0.1) is 0 Å². The van der Waals surface area contributed by atoms with Crippen molar-refractivity contribution < 1.29 is 4.79 Å². The Hall–Kier alpha value is -1.77. The summed E-state index contributed by atoms with van der Waals surface area (Å²) in [7, 11) is 3.52. The molecule has 154 valence electrons. The van der Waals surface area contributed by atoms with E-state index in [9.17, 15) is 4.79 Å². The number of nitrogens with zero attached hydrogens (tertiary/aromatic N) is 3. The molecule has 6 nitrogen and oxygen atoms in total. The van der Waals surface area contributed by atoms with Gasteiger partial charge >= 0.3 is 0 Å². The van der Waals surface area contributed by atoms with Crippen molar-refractivity contribution in [3.8, 4) is 0 Å². The molecule has 1 saturated carbocycles. The molecule has 0 radical (unpaired) electrons. The summed E-state index contributed by atoms with van der Waals surface area (Å²) in [5.74, 6) is 0.774. The van der Waals surface area contributed by atoms with Crippen LogP contribution < -0.4 is 10.6 Å². The second kappa shape index (κ2) is 11.3. The number of hydrogen-bond donors (Lipinski definition) is 2. The summed E-state index contributed by atoms with van der Waals surface area (Å²) >= 11 is 0. The third-order valence-corrected chi connectivity index (χ3v) is 5.12. The Labute approximate surface area is 184 Å². The smallest absolute Gasteiger partial charge is 0.243 e. The van der Waals surface area contributed by atoms with Crippen molar-refractivity contribution in [2.24, 2.45) is 4.99 Å². The Morgan fingerprint density at radius 1 is 1.21 bits per heavy atom. The number of guanidine groups is 1. The molecule has 1 aromatic heterocycles. The van der Waals surface area contributed by atoms with Crippen LogP contribution in [0.2, 0.25) is 0 Å². The minimum absolute atomic E-state index is 0. The van der Waals surface area contributed by atoms with Gasteiger partial charge in [0.1, 0.15) is 6.54 Å². The molecule has 1 fully saturated rings. The van der Waals surface area contributed by atoms with Crippen LogP contribution in [0.3, 0.4) is 0 Å². The van der Waals surface area contributed by atoms with Crippen LogP contribution >= 0.6 is 24.0 Å². The summed E-state index contributed by atoms with van der Waals surface area (Å²) in [6.45, 7) is 1.95. The Bertz CT molecular complexity index is 780. The van der Waals surface area contributed by atoms with Gasteiger partial charge in [-0.1, -0.05) is 31.0 Å². The quantitative estimate of drug-likeness (QED) is 0.267. The maximum Gasteiger partial charge on any atom is 0.243 e. The number of fused-ring (bicyclic) bond motifs is 1. The highest BCUT2D eigenvalue weighted by Gasteiger charge is 2.16. The molecule has 7 heteroatoms. The first kappa shape index (κ1) is 22.5. The molecule has 28 heavy (non-hydrogen) atoms. The van der Waals surface area contributed by atoms with Crippen molar-refractivity contribution >= 4 is 46.7 Å². The van der Waals surface area contributed by atoms with Crippen LogP contribution in [-0.2, 0) is 11.3 Å². The van der Waals surface area contributed by atoms with Crippen LogP contribution in [0, 0.1) is 0 Å². The molecule has 2 aromatic rings. The fourth-order valence-electron chi connectivity index (χ4n) is 3.50. The molecule has 1 amide bonds. The number of aliphatic imine (C=N–C) groups is 1. The van der Waals surface area contributed by atoms with Gasteiger partial charge in [-0.15, -0.1) is 24.0 Å². The molecule has 0 spiro atoms. The molecule has 1 aliphatic rings. The van der Waals surface area contributed by atoms with Gasteiger partial charge in [-0.25, -0.2) is 4.99 Å². The van der Waals surface area contributed by atoms with E-state index < -0.39 is 0 Å². The maximum atomic E-state index is 11.9. The largest absolute Gasteiger partial charge is 0.356 e. The number of amides is 1. The first-order valence-electron chi connectivity index (χ1n) is 9.92. The normalized spacial score (nSPS) is 14.7. The zero-order chi connectivity index (χ0) is 19.1. The molecular weight excluding hydrogens is 465 g/mol. The summed E-state index contributed by atoms with van der Waals surface area (Å²) in [6, 6.07) is 11.1. The minimum Gasteiger partial charge on any atom is -0.356 e. The molecule has 0 bridgehead atoms. The van der Waals surface area contributed by atoms with Crippen LogP contribution in [0.25, 0.3) is 10.9 Å². The molecule has 0 saturated heterocycles. The lowest BCUT2D eigenvalue weighted by Crippen LogP contribution is -2.43. The van der Waals surface area contributed by atoms with Crippen LogP contribution in [0.5, 0.6) is 0 Å². The van der Waals surface area contributed by atoms with Gasteiger partial charge < -0.3 is 20.1 Å². The van der Waals surface area contributed by atoms with Gasteiger partial charge in [-0.3, -0.25) is 4.79 Å². The van der Waals surface area contributed by atoms with Crippen LogP contribution in [-0.4, -0.2) is 54.6 Å². The monoisotopic (exact) mass is 497 g/mol. The van der Waals surface area contributed by atoms with Crippen molar-refractivity contribution in [3.63, 3.8) is 0 Å². The van der Waals surface area contributed by atoms with Crippen LogP contribution in [0.15, 0.2) is 41.5 Å². The molecule has 2 N–H and O–H groups in total. The van der Waals surface area contributed by atoms with E-state index in [1.54, 1.807) is 19.0 Å². The number of aryl methyl sites for hydroxylation is 1. The Morgan fingerprint density at radius 2 is 1.96 bits per heavy atom. The number of likely N-dealkylation sites (N-methyl/N-ethyl adjacent to an activating group) is 1. The van der Waals surface area contributed by atoms with Gasteiger partial charge in [0.2, 0.25) is 5.91 Å². The predicted octanol–water partition coefficient (Wildman–Crippen LogP) is 3.22. The van der Waals surface area contributed by atoms with Gasteiger partial charge in [-0.2, -0.15) is 0 Å². The second-order valence-electron chi connectivity index (χ2n) is 7.43. The average Bonchev–Trinajstić information content (AvgIpc) is 3.32. The van der Waals surface area contributed by atoms with Crippen molar-refractivity contribution in [1.29, 1.82) is 0 Å². The van der Waals surface area contributed by atoms with E-state index in [0.717, 1.165) is 25.5 Å². The van der Waals surface area contributed by atoms with Crippen molar-refractivity contribution in [1.82, 2.24) is 20.1 Å². The number of halogens is 1. The van der Waals surface area contributed by atoms with Crippen LogP contribution in [0.4, 0.5) is 0 Å². The Morgan fingerprint density at radius 3 is 2.71 bits per heavy atom. The lowest BCUT2D eigenvalue weighted by atomic mass is 10.2. The van der Waals surface area contributed by atoms with E-state index in [-0.39, 0.29) is 36.4 Å². The van der Waals surface area contributed by atoms with Gasteiger partial charge in [0.25, 0.3) is 0 Å². The molecule has 0 unspecified atom stereocenters. The van der Waals surface area contributed by atoms with Gasteiger partial charge in [0, 0.05) is 44.9 Å². The zero-order valence-corrected chi connectivity index (χ0v) is 19.2. The SMILES string of the molecule is CN(C)C(=O)CN=C(NCCCn1ccc2ccccc21)NC1CCCC1.I. The number of benzene rings is 1.